The Morgan fingerprint density at radius 3 is 2.67 bits per heavy atom. The molecule has 0 fully saturated rings. The maximum atomic E-state index is 13.0. The number of hydrogen-bond acceptors (Lipinski definition) is 8. The third kappa shape index (κ3) is 6.85. The molecule has 1 aromatic carbocycles. The number of thiophene rings is 1. The van der Waals surface area contributed by atoms with Crippen LogP contribution in [0.3, 0.4) is 0 Å². The molecule has 0 bridgehead atoms. The molecule has 12 heteroatoms. The van der Waals surface area contributed by atoms with Gasteiger partial charge in [-0.3, -0.25) is 4.79 Å². The summed E-state index contributed by atoms with van der Waals surface area (Å²) in [5, 5.41) is 4.14. The number of methoxy groups -OCH3 is 1. The molecule has 0 unspecified atom stereocenters. The van der Waals surface area contributed by atoms with Crippen LogP contribution in [0.25, 0.3) is 11.0 Å². The van der Waals surface area contributed by atoms with E-state index in [0.717, 1.165) is 67.3 Å². The first-order valence-electron chi connectivity index (χ1n) is 13.4. The number of unbranched alkanes of at least 4 members (excludes halogenated alkanes) is 2. The Kier molecular flexibility index (Phi) is 10.1. The maximum Gasteiger partial charge on any atom is 0.341 e. The summed E-state index contributed by atoms with van der Waals surface area (Å²) in [5.74, 6) is -0.558. The summed E-state index contributed by atoms with van der Waals surface area (Å²) in [6.07, 6.45) is 7.38. The fraction of sp³-hybridized carbons (Fsp3) is 0.519. The highest BCUT2D eigenvalue weighted by Crippen LogP contribution is 2.38. The number of imidazole rings is 1. The van der Waals surface area contributed by atoms with E-state index in [2.05, 4.69) is 17.0 Å². The van der Waals surface area contributed by atoms with Crippen LogP contribution in [0, 0.1) is 0 Å². The smallest absolute Gasteiger partial charge is 0.341 e. The highest BCUT2D eigenvalue weighted by atomic mass is 32.2. The molecule has 9 nitrogen and oxygen atoms in total. The van der Waals surface area contributed by atoms with Gasteiger partial charge >= 0.3 is 5.97 Å². The number of thioether (sulfide) groups is 1. The van der Waals surface area contributed by atoms with Crippen LogP contribution < -0.4 is 10.0 Å². The molecule has 212 valence electrons. The third-order valence-electron chi connectivity index (χ3n) is 6.70. The first-order valence-corrected chi connectivity index (χ1v) is 16.7. The van der Waals surface area contributed by atoms with Gasteiger partial charge in [-0.15, -0.1) is 11.3 Å². The van der Waals surface area contributed by atoms with E-state index in [4.69, 9.17) is 9.72 Å². The van der Waals surface area contributed by atoms with Crippen LogP contribution in [-0.2, 0) is 38.9 Å². The first kappa shape index (κ1) is 29.6. The number of hydrogen-bond donors (Lipinski definition) is 2. The van der Waals surface area contributed by atoms with E-state index in [1.54, 1.807) is 18.2 Å². The fourth-order valence-electron chi connectivity index (χ4n) is 4.63. The van der Waals surface area contributed by atoms with E-state index in [1.807, 2.05) is 11.5 Å². The molecule has 0 saturated carbocycles. The molecular weight excluding hydrogens is 557 g/mol. The molecule has 4 rings (SSSR count). The molecule has 3 aromatic rings. The fourth-order valence-corrected chi connectivity index (χ4v) is 7.86. The number of carbonyl (C=O) groups is 2. The number of aromatic nitrogens is 2. The number of benzene rings is 1. The second kappa shape index (κ2) is 13.3. The lowest BCUT2D eigenvalue weighted by Crippen LogP contribution is -2.24. The van der Waals surface area contributed by atoms with Gasteiger partial charge in [0.25, 0.3) is 0 Å². The monoisotopic (exact) mass is 592 g/mol. The summed E-state index contributed by atoms with van der Waals surface area (Å²) in [6.45, 7) is 5.21. The number of amides is 1. The van der Waals surface area contributed by atoms with Gasteiger partial charge in [-0.1, -0.05) is 38.5 Å². The van der Waals surface area contributed by atoms with E-state index >= 15 is 0 Å². The predicted molar refractivity (Wildman–Crippen MR) is 156 cm³/mol. The quantitative estimate of drug-likeness (QED) is 0.156. The highest BCUT2D eigenvalue weighted by Gasteiger charge is 2.27. The van der Waals surface area contributed by atoms with Gasteiger partial charge in [0.1, 0.15) is 5.00 Å². The number of sulfonamides is 1. The molecule has 0 radical (unpaired) electrons. The minimum absolute atomic E-state index is 0.0996. The van der Waals surface area contributed by atoms with E-state index < -0.39 is 16.0 Å². The van der Waals surface area contributed by atoms with Crippen LogP contribution in [0.4, 0.5) is 5.00 Å². The SMILES string of the molecule is CCCCNS(=O)(=O)c1ccc2c(c1)nc(SCC(=O)Nc1sc3c(c1C(=O)OC)CCCC3)n2CCCC. The number of ether oxygens (including phenoxy) is 1. The molecule has 0 aliphatic heterocycles. The van der Waals surface area contributed by atoms with Crippen LogP contribution >= 0.6 is 23.1 Å². The van der Waals surface area contributed by atoms with E-state index in [-0.39, 0.29) is 16.6 Å². The Morgan fingerprint density at radius 2 is 1.92 bits per heavy atom. The van der Waals surface area contributed by atoms with Crippen molar-refractivity contribution in [2.75, 3.05) is 24.7 Å². The number of esters is 1. The van der Waals surface area contributed by atoms with Gasteiger partial charge in [0.05, 0.1) is 34.4 Å². The molecule has 1 aliphatic rings. The van der Waals surface area contributed by atoms with Gasteiger partial charge in [-0.25, -0.2) is 22.9 Å². The third-order valence-corrected chi connectivity index (χ3v) is 10.3. The Balaban J connectivity index is 1.54. The molecule has 1 aliphatic carbocycles. The molecule has 0 atom stereocenters. The minimum atomic E-state index is -3.63. The number of aryl methyl sites for hydroxylation is 2. The molecule has 39 heavy (non-hydrogen) atoms. The van der Waals surface area contributed by atoms with Gasteiger partial charge < -0.3 is 14.6 Å². The van der Waals surface area contributed by atoms with E-state index in [0.29, 0.717) is 34.3 Å². The highest BCUT2D eigenvalue weighted by molar-refractivity contribution is 7.99. The Hall–Kier alpha value is -2.41. The second-order valence-corrected chi connectivity index (χ2v) is 13.4. The number of fused-ring (bicyclic) bond motifs is 2. The van der Waals surface area contributed by atoms with Crippen molar-refractivity contribution in [2.45, 2.75) is 81.8 Å². The normalized spacial score (nSPS) is 13.4. The topological polar surface area (TPSA) is 119 Å². The van der Waals surface area contributed by atoms with Gasteiger partial charge in [-0.05, 0) is 62.3 Å². The van der Waals surface area contributed by atoms with E-state index in [9.17, 15) is 18.0 Å². The molecule has 0 spiro atoms. The second-order valence-electron chi connectivity index (χ2n) is 9.54. The Morgan fingerprint density at radius 1 is 1.15 bits per heavy atom. The van der Waals surface area contributed by atoms with Crippen LogP contribution in [0.1, 0.15) is 73.2 Å². The number of nitrogens with zero attached hydrogens (tertiary/aromatic N) is 2. The standard InChI is InChI=1S/C27H36N4O5S3/c1-4-6-14-28-39(34,35)18-12-13-21-20(16-18)29-27(31(21)15-7-5-2)37-17-23(32)30-25-24(26(33)36-3)19-10-8-9-11-22(19)38-25/h12-13,16,28H,4-11,14-15,17H2,1-3H3,(H,30,32). The van der Waals surface area contributed by atoms with Crippen molar-refractivity contribution in [1.29, 1.82) is 0 Å². The summed E-state index contributed by atoms with van der Waals surface area (Å²) in [5.41, 5.74) is 2.88. The van der Waals surface area contributed by atoms with Crippen LogP contribution in [0.2, 0.25) is 0 Å². The van der Waals surface area contributed by atoms with Crippen molar-refractivity contribution in [3.8, 4) is 0 Å². The molecule has 2 N–H and O–H groups in total. The van der Waals surface area contributed by atoms with Gasteiger partial charge in [-0.2, -0.15) is 0 Å². The maximum absolute atomic E-state index is 13.0. The Labute approximate surface area is 238 Å². The number of nitrogens with one attached hydrogen (secondary N) is 2. The van der Waals surface area contributed by atoms with Gasteiger partial charge in [0.15, 0.2) is 5.16 Å². The summed E-state index contributed by atoms with van der Waals surface area (Å²) < 4.78 is 35.2. The summed E-state index contributed by atoms with van der Waals surface area (Å²) in [4.78, 5) is 31.6. The largest absolute Gasteiger partial charge is 0.465 e. The van der Waals surface area contributed by atoms with Crippen molar-refractivity contribution in [3.63, 3.8) is 0 Å². The van der Waals surface area contributed by atoms with Crippen LogP contribution in [0.15, 0.2) is 28.3 Å². The predicted octanol–water partition coefficient (Wildman–Crippen LogP) is 5.37. The lowest BCUT2D eigenvalue weighted by Gasteiger charge is -2.12. The average Bonchev–Trinajstić information content (AvgIpc) is 3.47. The average molecular weight is 593 g/mol. The lowest BCUT2D eigenvalue weighted by molar-refractivity contribution is -0.113. The summed E-state index contributed by atoms with van der Waals surface area (Å²) in [7, 11) is -2.27. The molecule has 2 heterocycles. The van der Waals surface area contributed by atoms with Gasteiger partial charge in [0, 0.05) is 18.0 Å². The minimum Gasteiger partial charge on any atom is -0.465 e. The van der Waals surface area contributed by atoms with Crippen LogP contribution in [-0.4, -0.2) is 49.3 Å². The van der Waals surface area contributed by atoms with Crippen molar-refractivity contribution in [3.05, 3.63) is 34.2 Å². The zero-order chi connectivity index (χ0) is 28.0. The van der Waals surface area contributed by atoms with Crippen molar-refractivity contribution in [2.24, 2.45) is 0 Å². The first-order chi connectivity index (χ1) is 18.8. The zero-order valence-electron chi connectivity index (χ0n) is 22.7. The zero-order valence-corrected chi connectivity index (χ0v) is 25.1. The summed E-state index contributed by atoms with van der Waals surface area (Å²) >= 11 is 2.76. The molecular formula is C27H36N4O5S3. The van der Waals surface area contributed by atoms with Gasteiger partial charge in [0.2, 0.25) is 15.9 Å². The molecule has 2 aromatic heterocycles. The lowest BCUT2D eigenvalue weighted by atomic mass is 9.95. The van der Waals surface area contributed by atoms with Crippen molar-refractivity contribution < 1.29 is 22.7 Å². The van der Waals surface area contributed by atoms with E-state index in [1.165, 1.54) is 30.2 Å². The van der Waals surface area contributed by atoms with Crippen molar-refractivity contribution >= 4 is 61.0 Å². The van der Waals surface area contributed by atoms with Crippen LogP contribution in [0.5, 0.6) is 0 Å². The van der Waals surface area contributed by atoms with Crippen molar-refractivity contribution in [1.82, 2.24) is 14.3 Å². The molecule has 1 amide bonds. The number of rotatable bonds is 13. The number of carbonyl (C=O) groups excluding carboxylic acids is 2. The number of anilines is 1. The summed E-state index contributed by atoms with van der Waals surface area (Å²) in [6, 6.07) is 4.99. The molecule has 0 saturated heterocycles. The Bertz CT molecular complexity index is 1450.